The lowest BCUT2D eigenvalue weighted by atomic mass is 10.1. The standard InChI is InChI=1S/C23H17N3O4S/c27-23(25-24-14-19-6-3-13-30-19)18-11-9-16(10-12-18)15-26-20-7-1-4-17-5-2-8-21(22(17)20)31(26,28)29/h1-14H,15H2,(H,25,27)/b24-14+. The molecule has 1 aromatic heterocycles. The lowest BCUT2D eigenvalue weighted by Gasteiger charge is -2.19. The van der Waals surface area contributed by atoms with Gasteiger partial charge in [0.15, 0.2) is 0 Å². The molecule has 0 spiro atoms. The Labute approximate surface area is 178 Å². The first kappa shape index (κ1) is 19.1. The third-order valence-electron chi connectivity index (χ3n) is 5.12. The highest BCUT2D eigenvalue weighted by molar-refractivity contribution is 7.93. The molecule has 0 saturated heterocycles. The molecule has 154 valence electrons. The molecule has 1 N–H and O–H groups in total. The first-order valence-corrected chi connectivity index (χ1v) is 11.0. The van der Waals surface area contributed by atoms with Gasteiger partial charge in [0.1, 0.15) is 5.76 Å². The number of furan rings is 1. The van der Waals surface area contributed by atoms with Crippen LogP contribution in [0.1, 0.15) is 21.7 Å². The summed E-state index contributed by atoms with van der Waals surface area (Å²) in [5.74, 6) is 0.152. The van der Waals surface area contributed by atoms with Gasteiger partial charge in [0.05, 0.1) is 29.6 Å². The number of amides is 1. The first-order valence-electron chi connectivity index (χ1n) is 9.54. The molecule has 1 aliphatic rings. The van der Waals surface area contributed by atoms with Crippen molar-refractivity contribution >= 4 is 38.6 Å². The third kappa shape index (κ3) is 3.36. The maximum Gasteiger partial charge on any atom is 0.271 e. The molecule has 0 aliphatic carbocycles. The van der Waals surface area contributed by atoms with Gasteiger partial charge in [-0.15, -0.1) is 0 Å². The molecule has 8 heteroatoms. The maximum atomic E-state index is 13.1. The van der Waals surface area contributed by atoms with Crippen LogP contribution in [-0.2, 0) is 16.6 Å². The van der Waals surface area contributed by atoms with Gasteiger partial charge in [-0.3, -0.25) is 9.10 Å². The number of benzene rings is 3. The van der Waals surface area contributed by atoms with Gasteiger partial charge in [-0.25, -0.2) is 13.8 Å². The average molecular weight is 431 g/mol. The van der Waals surface area contributed by atoms with Crippen LogP contribution in [0.5, 0.6) is 0 Å². The minimum atomic E-state index is -3.63. The van der Waals surface area contributed by atoms with Crippen LogP contribution in [0.15, 0.2) is 93.5 Å². The number of hydrogen-bond donors (Lipinski definition) is 1. The van der Waals surface area contributed by atoms with E-state index >= 15 is 0 Å². The van der Waals surface area contributed by atoms with Gasteiger partial charge in [0.25, 0.3) is 15.9 Å². The summed E-state index contributed by atoms with van der Waals surface area (Å²) < 4.78 is 32.7. The molecule has 7 nitrogen and oxygen atoms in total. The molecular weight excluding hydrogens is 414 g/mol. The van der Waals surface area contributed by atoms with Crippen LogP contribution in [0.2, 0.25) is 0 Å². The van der Waals surface area contributed by atoms with E-state index < -0.39 is 10.0 Å². The van der Waals surface area contributed by atoms with E-state index in [1.807, 2.05) is 24.3 Å². The predicted octanol–water partition coefficient (Wildman–Crippen LogP) is 3.91. The number of nitrogens with one attached hydrogen (secondary N) is 1. The van der Waals surface area contributed by atoms with Gasteiger partial charge in [-0.05, 0) is 47.3 Å². The van der Waals surface area contributed by atoms with Crippen molar-refractivity contribution < 1.29 is 17.6 Å². The second kappa shape index (κ2) is 7.41. The van der Waals surface area contributed by atoms with Crippen molar-refractivity contribution in [1.29, 1.82) is 0 Å². The van der Waals surface area contributed by atoms with Gasteiger partial charge >= 0.3 is 0 Å². The van der Waals surface area contributed by atoms with E-state index in [-0.39, 0.29) is 12.5 Å². The Balaban J connectivity index is 1.34. The molecule has 1 aliphatic heterocycles. The van der Waals surface area contributed by atoms with Crippen LogP contribution >= 0.6 is 0 Å². The number of nitrogens with zero attached hydrogens (tertiary/aromatic N) is 2. The van der Waals surface area contributed by atoms with Crippen molar-refractivity contribution in [2.45, 2.75) is 11.4 Å². The van der Waals surface area contributed by atoms with Crippen LogP contribution < -0.4 is 9.73 Å². The summed E-state index contributed by atoms with van der Waals surface area (Å²) >= 11 is 0. The predicted molar refractivity (Wildman–Crippen MR) is 118 cm³/mol. The summed E-state index contributed by atoms with van der Waals surface area (Å²) in [5, 5.41) is 5.49. The minimum absolute atomic E-state index is 0.175. The molecule has 0 unspecified atom stereocenters. The van der Waals surface area contributed by atoms with Crippen molar-refractivity contribution in [2.24, 2.45) is 5.10 Å². The summed E-state index contributed by atoms with van der Waals surface area (Å²) in [6, 6.07) is 21.1. The molecule has 0 bridgehead atoms. The second-order valence-corrected chi connectivity index (χ2v) is 8.89. The van der Waals surface area contributed by atoms with E-state index in [0.717, 1.165) is 16.3 Å². The van der Waals surface area contributed by atoms with Gasteiger partial charge in [0, 0.05) is 10.9 Å². The zero-order valence-corrected chi connectivity index (χ0v) is 17.0. The van der Waals surface area contributed by atoms with E-state index in [1.165, 1.54) is 16.8 Å². The van der Waals surface area contributed by atoms with Crippen molar-refractivity contribution in [2.75, 3.05) is 4.31 Å². The highest BCUT2D eigenvalue weighted by Gasteiger charge is 2.35. The fourth-order valence-corrected chi connectivity index (χ4v) is 5.34. The molecule has 5 rings (SSSR count). The number of anilines is 1. The van der Waals surface area contributed by atoms with E-state index in [4.69, 9.17) is 4.42 Å². The summed E-state index contributed by atoms with van der Waals surface area (Å²) in [5.41, 5.74) is 4.28. The van der Waals surface area contributed by atoms with Crippen molar-refractivity contribution in [3.05, 3.63) is 95.9 Å². The molecule has 31 heavy (non-hydrogen) atoms. The minimum Gasteiger partial charge on any atom is -0.463 e. The average Bonchev–Trinajstić information content (AvgIpc) is 3.37. The quantitative estimate of drug-likeness (QED) is 0.383. The Morgan fingerprint density at radius 1 is 1.00 bits per heavy atom. The summed E-state index contributed by atoms with van der Waals surface area (Å²) in [7, 11) is -3.63. The van der Waals surface area contributed by atoms with Crippen LogP contribution in [-0.4, -0.2) is 20.5 Å². The SMILES string of the molecule is O=C(N/N=C/c1ccco1)c1ccc(CN2c3cccc4cccc(c34)S2(=O)=O)cc1. The third-order valence-corrected chi connectivity index (χ3v) is 6.93. The van der Waals surface area contributed by atoms with E-state index in [0.29, 0.717) is 21.9 Å². The Kier molecular flexibility index (Phi) is 4.56. The Morgan fingerprint density at radius 3 is 2.52 bits per heavy atom. The molecular formula is C23H17N3O4S. The van der Waals surface area contributed by atoms with Crippen LogP contribution in [0, 0.1) is 0 Å². The van der Waals surface area contributed by atoms with Gasteiger partial charge in [-0.1, -0.05) is 36.4 Å². The molecule has 0 radical (unpaired) electrons. The molecule has 3 aromatic carbocycles. The Bertz CT molecular complexity index is 1400. The number of carbonyl (C=O) groups is 1. The van der Waals surface area contributed by atoms with E-state index in [1.54, 1.807) is 48.5 Å². The van der Waals surface area contributed by atoms with E-state index in [9.17, 15) is 13.2 Å². The summed E-state index contributed by atoms with van der Waals surface area (Å²) in [6.45, 7) is 0.175. The van der Waals surface area contributed by atoms with Gasteiger partial charge in [-0.2, -0.15) is 5.10 Å². The number of carbonyl (C=O) groups excluding carboxylic acids is 1. The number of hydrogen-bond acceptors (Lipinski definition) is 5. The fraction of sp³-hybridized carbons (Fsp3) is 0.0435. The molecule has 0 fully saturated rings. The smallest absolute Gasteiger partial charge is 0.271 e. The van der Waals surface area contributed by atoms with Gasteiger partial charge in [0.2, 0.25) is 0 Å². The van der Waals surface area contributed by atoms with Crippen molar-refractivity contribution in [3.63, 3.8) is 0 Å². The first-order chi connectivity index (χ1) is 15.0. The second-order valence-electron chi connectivity index (χ2n) is 7.05. The molecule has 1 amide bonds. The number of rotatable bonds is 5. The zero-order valence-electron chi connectivity index (χ0n) is 16.2. The van der Waals surface area contributed by atoms with E-state index in [2.05, 4.69) is 10.5 Å². The fourth-order valence-electron chi connectivity index (χ4n) is 3.64. The highest BCUT2D eigenvalue weighted by atomic mass is 32.2. The lowest BCUT2D eigenvalue weighted by molar-refractivity contribution is 0.0955. The Morgan fingerprint density at radius 2 is 1.77 bits per heavy atom. The normalized spacial score (nSPS) is 14.4. The molecule has 0 saturated carbocycles. The Hall–Kier alpha value is -3.91. The molecule has 4 aromatic rings. The van der Waals surface area contributed by atoms with Crippen molar-refractivity contribution in [3.8, 4) is 0 Å². The molecule has 0 atom stereocenters. The lowest BCUT2D eigenvalue weighted by Crippen LogP contribution is -2.26. The van der Waals surface area contributed by atoms with Crippen molar-refractivity contribution in [1.82, 2.24) is 5.43 Å². The maximum absolute atomic E-state index is 13.1. The largest absolute Gasteiger partial charge is 0.463 e. The highest BCUT2D eigenvalue weighted by Crippen LogP contribution is 2.42. The van der Waals surface area contributed by atoms with Gasteiger partial charge < -0.3 is 4.42 Å². The zero-order chi connectivity index (χ0) is 21.4. The summed E-state index contributed by atoms with van der Waals surface area (Å²) in [6.07, 6.45) is 2.92. The van der Waals surface area contributed by atoms with Crippen LogP contribution in [0.25, 0.3) is 10.8 Å². The monoisotopic (exact) mass is 431 g/mol. The summed E-state index contributed by atoms with van der Waals surface area (Å²) in [4.78, 5) is 12.6. The number of hydrazone groups is 1. The number of sulfonamides is 1. The topological polar surface area (TPSA) is 92.0 Å². The van der Waals surface area contributed by atoms with Crippen LogP contribution in [0.3, 0.4) is 0 Å². The molecule has 2 heterocycles. The van der Waals surface area contributed by atoms with Crippen LogP contribution in [0.4, 0.5) is 5.69 Å².